The van der Waals surface area contributed by atoms with Crippen LogP contribution in [0.4, 0.5) is 5.69 Å². The lowest BCUT2D eigenvalue weighted by Gasteiger charge is -2.09. The molecule has 1 amide bonds. The van der Waals surface area contributed by atoms with Gasteiger partial charge < -0.3 is 14.8 Å². The van der Waals surface area contributed by atoms with Crippen LogP contribution in [0, 0.1) is 0 Å². The zero-order valence-corrected chi connectivity index (χ0v) is 14.4. The quantitative estimate of drug-likeness (QED) is 0.787. The van der Waals surface area contributed by atoms with Crippen molar-refractivity contribution >= 4 is 35.1 Å². The summed E-state index contributed by atoms with van der Waals surface area (Å²) in [5, 5.41) is 7.08. The predicted molar refractivity (Wildman–Crippen MR) is 89.6 cm³/mol. The number of carbonyl (C=O) groups excluding carboxylic acids is 3. The fourth-order valence-electron chi connectivity index (χ4n) is 2.07. The Morgan fingerprint density at radius 2 is 1.72 bits per heavy atom. The first-order chi connectivity index (χ1) is 11.9. The van der Waals surface area contributed by atoms with E-state index in [1.807, 2.05) is 0 Å². The second-order valence-electron chi connectivity index (χ2n) is 5.00. The molecule has 0 bridgehead atoms. The molecule has 0 unspecified atom stereocenters. The van der Waals surface area contributed by atoms with Crippen molar-refractivity contribution in [1.82, 2.24) is 9.78 Å². The summed E-state index contributed by atoms with van der Waals surface area (Å²) in [6, 6.07) is 4.17. The van der Waals surface area contributed by atoms with Crippen LogP contribution in [0.5, 0.6) is 0 Å². The topological polar surface area (TPSA) is 99.5 Å². The highest BCUT2D eigenvalue weighted by Gasteiger charge is 2.15. The molecule has 8 nitrogen and oxygen atoms in total. The molecule has 0 aliphatic carbocycles. The van der Waals surface area contributed by atoms with Gasteiger partial charge in [-0.25, -0.2) is 9.59 Å². The van der Waals surface area contributed by atoms with Gasteiger partial charge in [-0.05, 0) is 18.2 Å². The van der Waals surface area contributed by atoms with Gasteiger partial charge in [-0.2, -0.15) is 5.10 Å². The molecule has 0 spiro atoms. The maximum absolute atomic E-state index is 12.1. The molecule has 0 fully saturated rings. The molecule has 9 heteroatoms. The summed E-state index contributed by atoms with van der Waals surface area (Å²) in [5.74, 6) is -1.58. The van der Waals surface area contributed by atoms with Gasteiger partial charge in [0.15, 0.2) is 0 Å². The normalized spacial score (nSPS) is 10.2. The van der Waals surface area contributed by atoms with E-state index in [0.29, 0.717) is 11.6 Å². The van der Waals surface area contributed by atoms with Gasteiger partial charge >= 0.3 is 11.9 Å². The highest BCUT2D eigenvalue weighted by Crippen LogP contribution is 2.17. The number of aromatic nitrogens is 2. The number of carbonyl (C=O) groups is 3. The van der Waals surface area contributed by atoms with Crippen molar-refractivity contribution in [3.05, 3.63) is 46.7 Å². The molecule has 2 rings (SSSR count). The van der Waals surface area contributed by atoms with Crippen LogP contribution >= 0.6 is 11.6 Å². The average Bonchev–Trinajstić information content (AvgIpc) is 3.03. The van der Waals surface area contributed by atoms with Crippen LogP contribution in [0.25, 0.3) is 0 Å². The van der Waals surface area contributed by atoms with E-state index in [1.165, 1.54) is 43.3 Å². The number of anilines is 1. The minimum Gasteiger partial charge on any atom is -0.465 e. The fourth-order valence-corrected chi connectivity index (χ4v) is 2.23. The van der Waals surface area contributed by atoms with Gasteiger partial charge in [0.1, 0.15) is 0 Å². The Labute approximate surface area is 148 Å². The average molecular weight is 366 g/mol. The Hall–Kier alpha value is -2.87. The van der Waals surface area contributed by atoms with Gasteiger partial charge in [-0.15, -0.1) is 0 Å². The van der Waals surface area contributed by atoms with Gasteiger partial charge in [0.05, 0.1) is 36.6 Å². The number of ether oxygens (including phenoxy) is 2. The molecule has 1 aromatic heterocycles. The third-order valence-electron chi connectivity index (χ3n) is 3.23. The second-order valence-corrected chi connectivity index (χ2v) is 5.44. The van der Waals surface area contributed by atoms with Crippen LogP contribution in [-0.2, 0) is 20.8 Å². The summed E-state index contributed by atoms with van der Waals surface area (Å²) in [7, 11) is 2.45. The van der Waals surface area contributed by atoms with Gasteiger partial charge in [0.2, 0.25) is 5.91 Å². The number of benzene rings is 1. The van der Waals surface area contributed by atoms with Gasteiger partial charge in [-0.3, -0.25) is 9.48 Å². The molecule has 132 valence electrons. The summed E-state index contributed by atoms with van der Waals surface area (Å²) in [6.07, 6.45) is 3.21. The number of hydrogen-bond donors (Lipinski definition) is 1. The number of amides is 1. The molecule has 1 aromatic carbocycles. The summed E-state index contributed by atoms with van der Waals surface area (Å²) < 4.78 is 10.8. The Kier molecular flexibility index (Phi) is 6.13. The largest absolute Gasteiger partial charge is 0.465 e. The molecular formula is C16H16ClN3O5. The smallest absolute Gasteiger partial charge is 0.337 e. The van der Waals surface area contributed by atoms with Crippen LogP contribution in [0.3, 0.4) is 0 Å². The summed E-state index contributed by atoms with van der Waals surface area (Å²) in [5.41, 5.74) is 0.533. The maximum atomic E-state index is 12.1. The zero-order chi connectivity index (χ0) is 18.4. The number of rotatable bonds is 6. The third kappa shape index (κ3) is 5.05. The van der Waals surface area contributed by atoms with Crippen molar-refractivity contribution in [2.75, 3.05) is 19.5 Å². The fraction of sp³-hybridized carbons (Fsp3) is 0.250. The summed E-state index contributed by atoms with van der Waals surface area (Å²) in [6.45, 7) is 0.332. The minimum absolute atomic E-state index is 0.125. The Balaban J connectivity index is 2.12. The molecule has 1 heterocycles. The lowest BCUT2D eigenvalue weighted by atomic mass is 10.1. The lowest BCUT2D eigenvalue weighted by Crippen LogP contribution is -2.16. The number of aryl methyl sites for hydroxylation is 1. The molecule has 2 aromatic rings. The lowest BCUT2D eigenvalue weighted by molar-refractivity contribution is -0.116. The predicted octanol–water partition coefficient (Wildman–Crippen LogP) is 2.14. The van der Waals surface area contributed by atoms with E-state index in [-0.39, 0.29) is 29.1 Å². The van der Waals surface area contributed by atoms with E-state index >= 15 is 0 Å². The molecule has 0 saturated carbocycles. The molecule has 0 saturated heterocycles. The van der Waals surface area contributed by atoms with Crippen LogP contribution in [-0.4, -0.2) is 41.8 Å². The maximum Gasteiger partial charge on any atom is 0.337 e. The molecule has 25 heavy (non-hydrogen) atoms. The van der Waals surface area contributed by atoms with Crippen molar-refractivity contribution in [3.8, 4) is 0 Å². The van der Waals surface area contributed by atoms with Gasteiger partial charge in [-0.1, -0.05) is 11.6 Å². The van der Waals surface area contributed by atoms with Crippen LogP contribution < -0.4 is 5.32 Å². The number of nitrogens with one attached hydrogen (secondary N) is 1. The van der Waals surface area contributed by atoms with Gasteiger partial charge in [0.25, 0.3) is 0 Å². The van der Waals surface area contributed by atoms with Crippen LogP contribution in [0.2, 0.25) is 5.02 Å². The molecular weight excluding hydrogens is 350 g/mol. The highest BCUT2D eigenvalue weighted by atomic mass is 35.5. The van der Waals surface area contributed by atoms with E-state index in [2.05, 4.69) is 19.9 Å². The van der Waals surface area contributed by atoms with Crippen LogP contribution in [0.15, 0.2) is 30.6 Å². The van der Waals surface area contributed by atoms with Crippen molar-refractivity contribution in [3.63, 3.8) is 0 Å². The van der Waals surface area contributed by atoms with Crippen molar-refractivity contribution < 1.29 is 23.9 Å². The number of esters is 2. The number of halogens is 1. The SMILES string of the molecule is COC(=O)c1cc(NC(=O)CCn2cc(Cl)cn2)cc(C(=O)OC)c1. The Morgan fingerprint density at radius 3 is 2.20 bits per heavy atom. The molecule has 0 aliphatic heterocycles. The van der Waals surface area contributed by atoms with Crippen molar-refractivity contribution in [2.24, 2.45) is 0 Å². The second kappa shape index (κ2) is 8.29. The number of methoxy groups -OCH3 is 2. The van der Waals surface area contributed by atoms with E-state index in [9.17, 15) is 14.4 Å². The molecule has 0 atom stereocenters. The van der Waals surface area contributed by atoms with Gasteiger partial charge in [0, 0.05) is 24.8 Å². The van der Waals surface area contributed by atoms with Crippen molar-refractivity contribution in [1.29, 1.82) is 0 Å². The number of hydrogen-bond acceptors (Lipinski definition) is 6. The third-order valence-corrected chi connectivity index (χ3v) is 3.42. The first kappa shape index (κ1) is 18.5. The first-order valence-electron chi connectivity index (χ1n) is 7.22. The molecule has 0 aliphatic rings. The van der Waals surface area contributed by atoms with Crippen molar-refractivity contribution in [2.45, 2.75) is 13.0 Å². The molecule has 0 radical (unpaired) electrons. The standard InChI is InChI=1S/C16H16ClN3O5/c1-24-15(22)10-5-11(16(23)25-2)7-13(6-10)19-14(21)3-4-20-9-12(17)8-18-20/h5-9H,3-4H2,1-2H3,(H,19,21). The Morgan fingerprint density at radius 1 is 1.12 bits per heavy atom. The first-order valence-corrected chi connectivity index (χ1v) is 7.60. The van der Waals surface area contributed by atoms with E-state index < -0.39 is 11.9 Å². The highest BCUT2D eigenvalue weighted by molar-refractivity contribution is 6.30. The monoisotopic (exact) mass is 365 g/mol. The van der Waals surface area contributed by atoms with E-state index in [0.717, 1.165) is 0 Å². The van der Waals surface area contributed by atoms with E-state index in [1.54, 1.807) is 6.20 Å². The molecule has 1 N–H and O–H groups in total. The van der Waals surface area contributed by atoms with E-state index in [4.69, 9.17) is 11.6 Å². The summed E-state index contributed by atoms with van der Waals surface area (Å²) >= 11 is 5.76. The Bertz CT molecular complexity index is 769. The summed E-state index contributed by atoms with van der Waals surface area (Å²) in [4.78, 5) is 35.5. The number of nitrogens with zero attached hydrogens (tertiary/aromatic N) is 2. The van der Waals surface area contributed by atoms with Crippen LogP contribution in [0.1, 0.15) is 27.1 Å². The zero-order valence-electron chi connectivity index (χ0n) is 13.6. The minimum atomic E-state index is -0.632.